The van der Waals surface area contributed by atoms with Crippen molar-refractivity contribution in [1.82, 2.24) is 14.9 Å². The monoisotopic (exact) mass is 312 g/mol. The van der Waals surface area contributed by atoms with E-state index in [-0.39, 0.29) is 17.5 Å². The second kappa shape index (κ2) is 6.98. The Morgan fingerprint density at radius 2 is 1.90 bits per heavy atom. The lowest BCUT2D eigenvalue weighted by molar-refractivity contribution is 0.212. The van der Waals surface area contributed by atoms with Crippen molar-refractivity contribution in [2.45, 2.75) is 39.2 Å². The van der Waals surface area contributed by atoms with Gasteiger partial charge in [0.1, 0.15) is 5.82 Å². The third-order valence-corrected chi connectivity index (χ3v) is 3.98. The number of nitrogens with one attached hydrogen (secondary N) is 1. The van der Waals surface area contributed by atoms with Crippen LogP contribution < -0.4 is 5.32 Å². The zero-order chi connectivity index (χ0) is 16.2. The van der Waals surface area contributed by atoms with Gasteiger partial charge in [0.15, 0.2) is 0 Å². The van der Waals surface area contributed by atoms with E-state index in [4.69, 9.17) is 0 Å². The first-order chi connectivity index (χ1) is 9.61. The van der Waals surface area contributed by atoms with Crippen molar-refractivity contribution < 1.29 is 9.00 Å². The zero-order valence-electron chi connectivity index (χ0n) is 13.5. The number of rotatable bonds is 4. The highest BCUT2D eigenvalue weighted by Gasteiger charge is 2.19. The second-order valence-electron chi connectivity index (χ2n) is 6.18. The molecule has 0 aliphatic rings. The molecule has 0 aromatic carbocycles. The number of urea groups is 1. The summed E-state index contributed by atoms with van der Waals surface area (Å²) in [5.41, 5.74) is 0.420. The van der Waals surface area contributed by atoms with E-state index < -0.39 is 10.8 Å². The number of carbonyl (C=O) groups excluding carboxylic acids is 1. The molecule has 1 heterocycles. The molecule has 0 aliphatic heterocycles. The molecule has 1 aromatic rings. The van der Waals surface area contributed by atoms with Gasteiger partial charge < -0.3 is 10.2 Å². The summed E-state index contributed by atoms with van der Waals surface area (Å²) < 4.78 is 11.2. The minimum absolute atomic E-state index is 0.106. The normalized spacial score (nSPS) is 14.4. The van der Waals surface area contributed by atoms with Gasteiger partial charge in [-0.25, -0.2) is 14.8 Å². The maximum absolute atomic E-state index is 12.1. The predicted molar refractivity (Wildman–Crippen MR) is 85.9 cm³/mol. The molecule has 6 nitrogen and oxygen atoms in total. The van der Waals surface area contributed by atoms with Crippen LogP contribution in [0.3, 0.4) is 0 Å². The molecule has 0 fully saturated rings. The number of nitrogens with zero attached hydrogens (tertiary/aromatic N) is 3. The maximum atomic E-state index is 12.1. The molecule has 2 atom stereocenters. The molecule has 0 saturated carbocycles. The van der Waals surface area contributed by atoms with E-state index in [2.05, 4.69) is 15.3 Å². The molecular formula is C14H24N4O2S. The molecule has 1 aromatic heterocycles. The largest absolute Gasteiger partial charge is 0.324 e. The van der Waals surface area contributed by atoms with Crippen LogP contribution in [0, 0.1) is 0 Å². The van der Waals surface area contributed by atoms with Gasteiger partial charge in [0.25, 0.3) is 0 Å². The highest BCUT2D eigenvalue weighted by Crippen LogP contribution is 2.18. The standard InChI is InChI=1S/C14H24N4O2S/c1-10(9-21(6)20)18(5)13(19)17-11-7-15-12(16-8-11)14(2,3)4/h7-8,10H,9H2,1-6H3,(H,17,19)/t10-,21-/m1/s1. The first-order valence-corrected chi connectivity index (χ1v) is 8.50. The summed E-state index contributed by atoms with van der Waals surface area (Å²) in [6, 6.07) is -0.370. The highest BCUT2D eigenvalue weighted by molar-refractivity contribution is 7.84. The Bertz CT molecular complexity index is 511. The summed E-state index contributed by atoms with van der Waals surface area (Å²) in [4.78, 5) is 22.1. The number of hydrogen-bond donors (Lipinski definition) is 1. The van der Waals surface area contributed by atoms with Crippen molar-refractivity contribution in [1.29, 1.82) is 0 Å². The Morgan fingerprint density at radius 1 is 1.38 bits per heavy atom. The molecule has 1 N–H and O–H groups in total. The molecule has 0 radical (unpaired) electrons. The minimum atomic E-state index is -0.939. The van der Waals surface area contributed by atoms with Gasteiger partial charge >= 0.3 is 6.03 Å². The molecule has 2 amide bonds. The topological polar surface area (TPSA) is 75.2 Å². The van der Waals surface area contributed by atoms with Crippen LogP contribution in [-0.4, -0.2) is 50.2 Å². The SMILES string of the molecule is C[C@H](C[S@@](C)=O)N(C)C(=O)Nc1cnc(C(C)(C)C)nc1. The van der Waals surface area contributed by atoms with Gasteiger partial charge in [-0.05, 0) is 6.92 Å². The molecule has 0 unspecified atom stereocenters. The molecule has 118 valence electrons. The van der Waals surface area contributed by atoms with Gasteiger partial charge in [-0.1, -0.05) is 20.8 Å². The fourth-order valence-corrected chi connectivity index (χ4v) is 2.55. The van der Waals surface area contributed by atoms with E-state index in [1.54, 1.807) is 25.7 Å². The van der Waals surface area contributed by atoms with Crippen LogP contribution in [0.15, 0.2) is 12.4 Å². The van der Waals surface area contributed by atoms with E-state index in [1.165, 1.54) is 4.90 Å². The van der Waals surface area contributed by atoms with Crippen molar-refractivity contribution >= 4 is 22.5 Å². The molecule has 21 heavy (non-hydrogen) atoms. The first-order valence-electron chi connectivity index (χ1n) is 6.77. The Kier molecular flexibility index (Phi) is 5.83. The molecule has 0 bridgehead atoms. The summed E-state index contributed by atoms with van der Waals surface area (Å²) in [5, 5.41) is 2.74. The van der Waals surface area contributed by atoms with Crippen molar-refractivity contribution in [3.05, 3.63) is 18.2 Å². The molecule has 1 rings (SSSR count). The first kappa shape index (κ1) is 17.6. The lowest BCUT2D eigenvalue weighted by Crippen LogP contribution is -2.41. The van der Waals surface area contributed by atoms with Crippen LogP contribution in [0.5, 0.6) is 0 Å². The van der Waals surface area contributed by atoms with Gasteiger partial charge in [0.2, 0.25) is 0 Å². The smallest absolute Gasteiger partial charge is 0.321 e. The van der Waals surface area contributed by atoms with Crippen LogP contribution >= 0.6 is 0 Å². The van der Waals surface area contributed by atoms with Gasteiger partial charge in [0.05, 0.1) is 18.1 Å². The molecule has 0 aliphatic carbocycles. The van der Waals surface area contributed by atoms with E-state index in [9.17, 15) is 9.00 Å². The minimum Gasteiger partial charge on any atom is -0.324 e. The van der Waals surface area contributed by atoms with Crippen molar-refractivity contribution in [3.8, 4) is 0 Å². The van der Waals surface area contributed by atoms with Crippen LogP contribution in [0.4, 0.5) is 10.5 Å². The van der Waals surface area contributed by atoms with Gasteiger partial charge in [-0.3, -0.25) is 4.21 Å². The Morgan fingerprint density at radius 3 is 2.33 bits per heavy atom. The van der Waals surface area contributed by atoms with E-state index in [0.717, 1.165) is 5.82 Å². The quantitative estimate of drug-likeness (QED) is 0.922. The van der Waals surface area contributed by atoms with E-state index in [1.807, 2.05) is 27.7 Å². The van der Waals surface area contributed by atoms with E-state index in [0.29, 0.717) is 11.4 Å². The highest BCUT2D eigenvalue weighted by atomic mass is 32.2. The van der Waals surface area contributed by atoms with E-state index >= 15 is 0 Å². The van der Waals surface area contributed by atoms with Crippen LogP contribution in [0.1, 0.15) is 33.5 Å². The summed E-state index contributed by atoms with van der Waals surface area (Å²) in [5.74, 6) is 1.17. The molecular weight excluding hydrogens is 288 g/mol. The number of hydrogen-bond acceptors (Lipinski definition) is 4. The van der Waals surface area contributed by atoms with Gasteiger partial charge in [-0.2, -0.15) is 0 Å². The number of anilines is 1. The Hall–Kier alpha value is -1.50. The Balaban J connectivity index is 2.68. The third kappa shape index (κ3) is 5.41. The summed E-state index contributed by atoms with van der Waals surface area (Å²) >= 11 is 0. The lowest BCUT2D eigenvalue weighted by Gasteiger charge is -2.24. The average molecular weight is 312 g/mol. The van der Waals surface area contributed by atoms with Crippen molar-refractivity contribution in [2.75, 3.05) is 24.4 Å². The van der Waals surface area contributed by atoms with Gasteiger partial charge in [-0.15, -0.1) is 0 Å². The number of amides is 2. The lowest BCUT2D eigenvalue weighted by atomic mass is 9.96. The molecule has 7 heteroatoms. The fraction of sp³-hybridized carbons (Fsp3) is 0.643. The summed E-state index contributed by atoms with van der Waals surface area (Å²) in [7, 11) is 0.739. The summed E-state index contributed by atoms with van der Waals surface area (Å²) in [6.45, 7) is 7.95. The Labute approximate surface area is 128 Å². The fourth-order valence-electron chi connectivity index (χ4n) is 1.64. The van der Waals surface area contributed by atoms with Crippen LogP contribution in [-0.2, 0) is 16.2 Å². The number of aromatic nitrogens is 2. The van der Waals surface area contributed by atoms with Gasteiger partial charge in [0, 0.05) is 41.3 Å². The molecule has 0 saturated heterocycles. The summed E-state index contributed by atoms with van der Waals surface area (Å²) in [6.07, 6.45) is 4.82. The number of carbonyl (C=O) groups is 1. The van der Waals surface area contributed by atoms with Crippen molar-refractivity contribution in [2.24, 2.45) is 0 Å². The zero-order valence-corrected chi connectivity index (χ0v) is 14.3. The average Bonchev–Trinajstić information content (AvgIpc) is 2.36. The molecule has 0 spiro atoms. The predicted octanol–water partition coefficient (Wildman–Crippen LogP) is 2.00. The third-order valence-electron chi connectivity index (χ3n) is 3.03. The van der Waals surface area contributed by atoms with Crippen molar-refractivity contribution in [3.63, 3.8) is 0 Å². The second-order valence-corrected chi connectivity index (χ2v) is 7.66. The van der Waals surface area contributed by atoms with Crippen LogP contribution in [0.25, 0.3) is 0 Å². The maximum Gasteiger partial charge on any atom is 0.321 e. The van der Waals surface area contributed by atoms with Crippen LogP contribution in [0.2, 0.25) is 0 Å².